The number of anilines is 3. The second-order valence-corrected chi connectivity index (χ2v) is 4.60. The van der Waals surface area contributed by atoms with E-state index in [1.807, 2.05) is 13.0 Å². The second-order valence-electron chi connectivity index (χ2n) is 4.60. The lowest BCUT2D eigenvalue weighted by molar-refractivity contribution is 1.08. The van der Waals surface area contributed by atoms with Gasteiger partial charge < -0.3 is 10.6 Å². The summed E-state index contributed by atoms with van der Waals surface area (Å²) in [7, 11) is 0. The Kier molecular flexibility index (Phi) is 4.00. The van der Waals surface area contributed by atoms with Crippen LogP contribution in [-0.4, -0.2) is 16.5 Å². The average molecular weight is 256 g/mol. The van der Waals surface area contributed by atoms with Crippen LogP contribution in [0, 0.1) is 20.8 Å². The van der Waals surface area contributed by atoms with Gasteiger partial charge in [-0.1, -0.05) is 12.1 Å². The van der Waals surface area contributed by atoms with Crippen molar-refractivity contribution in [3.63, 3.8) is 0 Å². The van der Waals surface area contributed by atoms with E-state index < -0.39 is 0 Å². The molecule has 2 aromatic rings. The fourth-order valence-corrected chi connectivity index (χ4v) is 1.94. The van der Waals surface area contributed by atoms with Crippen molar-refractivity contribution >= 4 is 17.3 Å². The highest BCUT2D eigenvalue weighted by molar-refractivity contribution is 5.67. The first-order valence-corrected chi connectivity index (χ1v) is 6.52. The van der Waals surface area contributed by atoms with Gasteiger partial charge in [0.25, 0.3) is 0 Å². The van der Waals surface area contributed by atoms with Crippen LogP contribution in [0.5, 0.6) is 0 Å². The van der Waals surface area contributed by atoms with Crippen LogP contribution < -0.4 is 10.6 Å². The summed E-state index contributed by atoms with van der Waals surface area (Å²) in [6.45, 7) is 9.14. The van der Waals surface area contributed by atoms with Gasteiger partial charge >= 0.3 is 0 Å². The topological polar surface area (TPSA) is 49.8 Å². The predicted molar refractivity (Wildman–Crippen MR) is 80.1 cm³/mol. The molecule has 0 radical (unpaired) electrons. The summed E-state index contributed by atoms with van der Waals surface area (Å²) in [6.07, 6.45) is 1.58. The lowest BCUT2D eigenvalue weighted by Gasteiger charge is -2.14. The highest BCUT2D eigenvalue weighted by Gasteiger charge is 2.08. The Balaban J connectivity index is 2.33. The zero-order valence-corrected chi connectivity index (χ0v) is 11.9. The minimum atomic E-state index is 0.847. The molecule has 0 aliphatic carbocycles. The van der Waals surface area contributed by atoms with Crippen LogP contribution in [0.25, 0.3) is 0 Å². The number of hydrogen-bond donors (Lipinski definition) is 2. The number of nitrogens with zero attached hydrogens (tertiary/aromatic N) is 2. The van der Waals surface area contributed by atoms with Crippen molar-refractivity contribution in [1.29, 1.82) is 0 Å². The average Bonchev–Trinajstić information content (AvgIpc) is 2.40. The molecule has 1 aromatic carbocycles. The van der Waals surface area contributed by atoms with Gasteiger partial charge in [0.1, 0.15) is 18.0 Å². The molecule has 0 atom stereocenters. The second kappa shape index (κ2) is 5.69. The molecule has 0 saturated carbocycles. The maximum atomic E-state index is 4.33. The monoisotopic (exact) mass is 256 g/mol. The minimum absolute atomic E-state index is 0.847. The third-order valence-electron chi connectivity index (χ3n) is 3.29. The number of aromatic nitrogens is 2. The number of hydrogen-bond acceptors (Lipinski definition) is 4. The highest BCUT2D eigenvalue weighted by Crippen LogP contribution is 2.25. The van der Waals surface area contributed by atoms with Crippen molar-refractivity contribution in [3.8, 4) is 0 Å². The molecule has 4 heteroatoms. The van der Waals surface area contributed by atoms with E-state index in [0.29, 0.717) is 0 Å². The first kappa shape index (κ1) is 13.3. The third-order valence-corrected chi connectivity index (χ3v) is 3.29. The standard InChI is InChI=1S/C15H20N4/c1-5-16-14-12(4)15(18-9-17-14)19-13-8-6-7-10(2)11(13)3/h6-9H,5H2,1-4H3,(H2,16,17,18,19). The number of aryl methyl sites for hydroxylation is 1. The van der Waals surface area contributed by atoms with Crippen LogP contribution >= 0.6 is 0 Å². The Bertz CT molecular complexity index is 578. The zero-order chi connectivity index (χ0) is 13.8. The maximum absolute atomic E-state index is 4.33. The molecule has 0 unspecified atom stereocenters. The molecular weight excluding hydrogens is 236 g/mol. The Hall–Kier alpha value is -2.10. The van der Waals surface area contributed by atoms with E-state index in [9.17, 15) is 0 Å². The Morgan fingerprint density at radius 1 is 1.00 bits per heavy atom. The third kappa shape index (κ3) is 2.84. The van der Waals surface area contributed by atoms with Gasteiger partial charge in [-0.3, -0.25) is 0 Å². The summed E-state index contributed by atoms with van der Waals surface area (Å²) in [5.74, 6) is 1.73. The van der Waals surface area contributed by atoms with Crippen molar-refractivity contribution in [2.24, 2.45) is 0 Å². The quantitative estimate of drug-likeness (QED) is 0.878. The molecule has 0 fully saturated rings. The Labute approximate surface area is 114 Å². The summed E-state index contributed by atoms with van der Waals surface area (Å²) < 4.78 is 0. The molecular formula is C15H20N4. The first-order valence-electron chi connectivity index (χ1n) is 6.52. The molecule has 1 aromatic heterocycles. The van der Waals surface area contributed by atoms with Crippen LogP contribution in [-0.2, 0) is 0 Å². The molecule has 100 valence electrons. The van der Waals surface area contributed by atoms with Crippen molar-refractivity contribution in [2.75, 3.05) is 17.2 Å². The molecule has 0 aliphatic heterocycles. The molecule has 2 N–H and O–H groups in total. The van der Waals surface area contributed by atoms with Gasteiger partial charge in [-0.15, -0.1) is 0 Å². The molecule has 0 spiro atoms. The molecule has 2 rings (SSSR count). The van der Waals surface area contributed by atoms with Gasteiger partial charge in [-0.05, 0) is 44.9 Å². The van der Waals surface area contributed by atoms with Gasteiger partial charge in [-0.2, -0.15) is 0 Å². The van der Waals surface area contributed by atoms with E-state index in [1.165, 1.54) is 11.1 Å². The van der Waals surface area contributed by atoms with E-state index in [1.54, 1.807) is 6.33 Å². The highest BCUT2D eigenvalue weighted by atomic mass is 15.1. The van der Waals surface area contributed by atoms with Gasteiger partial charge in [0.05, 0.1) is 0 Å². The van der Waals surface area contributed by atoms with Gasteiger partial charge in [-0.25, -0.2) is 9.97 Å². The number of nitrogens with one attached hydrogen (secondary N) is 2. The predicted octanol–water partition coefficient (Wildman–Crippen LogP) is 3.58. The SMILES string of the molecule is CCNc1ncnc(Nc2cccc(C)c2C)c1C. The van der Waals surface area contributed by atoms with Crippen LogP contribution in [0.4, 0.5) is 17.3 Å². The fourth-order valence-electron chi connectivity index (χ4n) is 1.94. The van der Waals surface area contributed by atoms with Crippen molar-refractivity contribution in [2.45, 2.75) is 27.7 Å². The minimum Gasteiger partial charge on any atom is -0.370 e. The lowest BCUT2D eigenvalue weighted by Crippen LogP contribution is -2.06. The van der Waals surface area contributed by atoms with Crippen LogP contribution in [0.1, 0.15) is 23.6 Å². The van der Waals surface area contributed by atoms with Crippen molar-refractivity contribution in [1.82, 2.24) is 9.97 Å². The van der Waals surface area contributed by atoms with E-state index >= 15 is 0 Å². The summed E-state index contributed by atoms with van der Waals surface area (Å²) >= 11 is 0. The van der Waals surface area contributed by atoms with Crippen LogP contribution in [0.2, 0.25) is 0 Å². The Morgan fingerprint density at radius 3 is 2.47 bits per heavy atom. The van der Waals surface area contributed by atoms with Crippen LogP contribution in [0.15, 0.2) is 24.5 Å². The largest absolute Gasteiger partial charge is 0.370 e. The normalized spacial score (nSPS) is 10.3. The molecule has 0 aliphatic rings. The van der Waals surface area contributed by atoms with E-state index in [0.717, 1.165) is 29.4 Å². The smallest absolute Gasteiger partial charge is 0.138 e. The van der Waals surface area contributed by atoms with E-state index in [2.05, 4.69) is 53.5 Å². The molecule has 19 heavy (non-hydrogen) atoms. The molecule has 0 saturated heterocycles. The van der Waals surface area contributed by atoms with Gasteiger partial charge in [0.15, 0.2) is 0 Å². The van der Waals surface area contributed by atoms with E-state index in [-0.39, 0.29) is 0 Å². The summed E-state index contributed by atoms with van der Waals surface area (Å²) in [5.41, 5.74) is 4.63. The lowest BCUT2D eigenvalue weighted by atomic mass is 10.1. The molecule has 0 bridgehead atoms. The fraction of sp³-hybridized carbons (Fsp3) is 0.333. The van der Waals surface area contributed by atoms with E-state index in [4.69, 9.17) is 0 Å². The first-order chi connectivity index (χ1) is 9.13. The maximum Gasteiger partial charge on any atom is 0.138 e. The van der Waals surface area contributed by atoms with Crippen molar-refractivity contribution in [3.05, 3.63) is 41.2 Å². The molecule has 0 amide bonds. The summed E-state index contributed by atoms with van der Waals surface area (Å²) in [6, 6.07) is 6.22. The number of benzene rings is 1. The van der Waals surface area contributed by atoms with Crippen molar-refractivity contribution < 1.29 is 0 Å². The summed E-state index contributed by atoms with van der Waals surface area (Å²) in [5, 5.41) is 6.63. The van der Waals surface area contributed by atoms with Crippen LogP contribution in [0.3, 0.4) is 0 Å². The van der Waals surface area contributed by atoms with Gasteiger partial charge in [0.2, 0.25) is 0 Å². The number of rotatable bonds is 4. The molecule has 1 heterocycles. The van der Waals surface area contributed by atoms with Gasteiger partial charge in [0, 0.05) is 17.8 Å². The summed E-state index contributed by atoms with van der Waals surface area (Å²) in [4.78, 5) is 8.57. The zero-order valence-electron chi connectivity index (χ0n) is 11.9. The molecule has 4 nitrogen and oxygen atoms in total. The Morgan fingerprint density at radius 2 is 1.74 bits per heavy atom.